The van der Waals surface area contributed by atoms with Crippen molar-refractivity contribution in [3.05, 3.63) is 54.6 Å². The third-order valence-corrected chi connectivity index (χ3v) is 4.15. The van der Waals surface area contributed by atoms with Gasteiger partial charge in [-0.05, 0) is 39.4 Å². The lowest BCUT2D eigenvalue weighted by Gasteiger charge is -2.24. The first-order valence-electron chi connectivity index (χ1n) is 8.83. The van der Waals surface area contributed by atoms with E-state index in [0.29, 0.717) is 0 Å². The molecule has 0 aliphatic rings. The average Bonchev–Trinajstić information content (AvgIpc) is 2.61. The van der Waals surface area contributed by atoms with Gasteiger partial charge in [-0.2, -0.15) is 0 Å². The lowest BCUT2D eigenvalue weighted by Crippen LogP contribution is -2.46. The number of benzene rings is 2. The quantitative estimate of drug-likeness (QED) is 0.804. The van der Waals surface area contributed by atoms with E-state index in [4.69, 9.17) is 0 Å². The fourth-order valence-electron chi connectivity index (χ4n) is 2.63. The summed E-state index contributed by atoms with van der Waals surface area (Å²) >= 11 is 0. The molecule has 2 rings (SSSR count). The Hall–Kier alpha value is -2.66. The zero-order chi connectivity index (χ0) is 19.1. The minimum atomic E-state index is -0.434. The molecule has 2 aromatic rings. The SMILES string of the molecule is CC(C)NC(=O)CN(C)C(C)C(=O)Nc1ccccc1-c1ccccc1. The van der Waals surface area contributed by atoms with Gasteiger partial charge in [0.2, 0.25) is 11.8 Å². The van der Waals surface area contributed by atoms with E-state index < -0.39 is 6.04 Å². The van der Waals surface area contributed by atoms with E-state index in [1.165, 1.54) is 0 Å². The number of hydrogen-bond acceptors (Lipinski definition) is 3. The molecule has 26 heavy (non-hydrogen) atoms. The van der Waals surface area contributed by atoms with Gasteiger partial charge in [0.1, 0.15) is 0 Å². The van der Waals surface area contributed by atoms with Gasteiger partial charge >= 0.3 is 0 Å². The number of para-hydroxylation sites is 1. The zero-order valence-electron chi connectivity index (χ0n) is 15.8. The molecule has 0 heterocycles. The number of rotatable bonds is 7. The zero-order valence-corrected chi connectivity index (χ0v) is 15.8. The van der Waals surface area contributed by atoms with Crippen LogP contribution in [0.2, 0.25) is 0 Å². The molecule has 0 bridgehead atoms. The number of carbonyl (C=O) groups excluding carboxylic acids is 2. The predicted octanol–water partition coefficient (Wildman–Crippen LogP) is 3.14. The van der Waals surface area contributed by atoms with Crippen molar-refractivity contribution in [2.75, 3.05) is 18.9 Å². The van der Waals surface area contributed by atoms with Crippen molar-refractivity contribution in [3.63, 3.8) is 0 Å². The number of nitrogens with one attached hydrogen (secondary N) is 2. The Bertz CT molecular complexity index is 744. The van der Waals surface area contributed by atoms with Gasteiger partial charge in [-0.3, -0.25) is 14.5 Å². The first-order chi connectivity index (χ1) is 12.4. The van der Waals surface area contributed by atoms with Crippen LogP contribution in [0.15, 0.2) is 54.6 Å². The van der Waals surface area contributed by atoms with Gasteiger partial charge in [0.05, 0.1) is 12.6 Å². The van der Waals surface area contributed by atoms with E-state index in [9.17, 15) is 9.59 Å². The van der Waals surface area contributed by atoms with Crippen molar-refractivity contribution in [1.29, 1.82) is 0 Å². The molecule has 0 aromatic heterocycles. The van der Waals surface area contributed by atoms with E-state index >= 15 is 0 Å². The van der Waals surface area contributed by atoms with Gasteiger partial charge in [0.25, 0.3) is 0 Å². The van der Waals surface area contributed by atoms with Crippen molar-refractivity contribution >= 4 is 17.5 Å². The molecule has 0 aliphatic carbocycles. The summed E-state index contributed by atoms with van der Waals surface area (Å²) in [6.45, 7) is 5.79. The maximum atomic E-state index is 12.7. The fraction of sp³-hybridized carbons (Fsp3) is 0.333. The van der Waals surface area contributed by atoms with Crippen LogP contribution in [0, 0.1) is 0 Å². The summed E-state index contributed by atoms with van der Waals surface area (Å²) in [7, 11) is 1.77. The van der Waals surface area contributed by atoms with Crippen molar-refractivity contribution in [1.82, 2.24) is 10.2 Å². The normalized spacial score (nSPS) is 12.1. The molecule has 1 unspecified atom stereocenters. The second-order valence-electron chi connectivity index (χ2n) is 6.71. The Kier molecular flexibility index (Phi) is 6.92. The number of likely N-dealkylation sites (N-methyl/N-ethyl adjacent to an activating group) is 1. The third-order valence-electron chi connectivity index (χ3n) is 4.15. The molecule has 0 spiro atoms. The second-order valence-corrected chi connectivity index (χ2v) is 6.71. The summed E-state index contributed by atoms with van der Waals surface area (Å²) < 4.78 is 0. The first kappa shape index (κ1) is 19.7. The van der Waals surface area contributed by atoms with Crippen molar-refractivity contribution in [2.45, 2.75) is 32.9 Å². The molecule has 0 saturated heterocycles. The van der Waals surface area contributed by atoms with Crippen LogP contribution in [0.25, 0.3) is 11.1 Å². The molecular weight excluding hydrogens is 326 g/mol. The highest BCUT2D eigenvalue weighted by Crippen LogP contribution is 2.27. The van der Waals surface area contributed by atoms with Gasteiger partial charge in [-0.15, -0.1) is 0 Å². The second kappa shape index (κ2) is 9.15. The van der Waals surface area contributed by atoms with Crippen LogP contribution in [-0.4, -0.2) is 42.4 Å². The molecule has 1 atom stereocenters. The summed E-state index contributed by atoms with van der Waals surface area (Å²) in [5, 5.41) is 5.83. The molecule has 0 saturated carbocycles. The maximum absolute atomic E-state index is 12.7. The predicted molar refractivity (Wildman–Crippen MR) is 106 cm³/mol. The number of hydrogen-bond donors (Lipinski definition) is 2. The Morgan fingerprint density at radius 3 is 2.23 bits per heavy atom. The van der Waals surface area contributed by atoms with Gasteiger partial charge in [0.15, 0.2) is 0 Å². The van der Waals surface area contributed by atoms with Crippen molar-refractivity contribution in [2.24, 2.45) is 0 Å². The molecule has 5 nitrogen and oxygen atoms in total. The highest BCUT2D eigenvalue weighted by molar-refractivity contribution is 5.98. The summed E-state index contributed by atoms with van der Waals surface area (Å²) in [5.41, 5.74) is 2.77. The summed E-state index contributed by atoms with van der Waals surface area (Å²) in [6, 6.07) is 17.3. The van der Waals surface area contributed by atoms with Crippen LogP contribution in [0.3, 0.4) is 0 Å². The molecule has 2 aromatic carbocycles. The monoisotopic (exact) mass is 353 g/mol. The largest absolute Gasteiger partial charge is 0.353 e. The standard InChI is InChI=1S/C21H27N3O2/c1-15(2)22-20(25)14-24(4)16(3)21(26)23-19-13-9-8-12-18(19)17-10-6-5-7-11-17/h5-13,15-16H,14H2,1-4H3,(H,22,25)(H,23,26). The van der Waals surface area contributed by atoms with E-state index in [1.807, 2.05) is 68.4 Å². The number of carbonyl (C=O) groups is 2. The van der Waals surface area contributed by atoms with Crippen LogP contribution >= 0.6 is 0 Å². The van der Waals surface area contributed by atoms with Crippen LogP contribution in [0.4, 0.5) is 5.69 Å². The number of amides is 2. The Labute approximate surface area is 155 Å². The summed E-state index contributed by atoms with van der Waals surface area (Å²) in [4.78, 5) is 26.3. The van der Waals surface area contributed by atoms with Crippen LogP contribution in [0.5, 0.6) is 0 Å². The molecule has 5 heteroatoms. The molecular formula is C21H27N3O2. The molecule has 2 amide bonds. The summed E-state index contributed by atoms with van der Waals surface area (Å²) in [6.07, 6.45) is 0. The molecule has 0 aliphatic heterocycles. The summed E-state index contributed by atoms with van der Waals surface area (Å²) in [5.74, 6) is -0.236. The molecule has 0 fully saturated rings. The van der Waals surface area contributed by atoms with Crippen molar-refractivity contribution < 1.29 is 9.59 Å². The lowest BCUT2D eigenvalue weighted by molar-refractivity contribution is -0.125. The number of nitrogens with zero attached hydrogens (tertiary/aromatic N) is 1. The first-order valence-corrected chi connectivity index (χ1v) is 8.83. The average molecular weight is 353 g/mol. The van der Waals surface area contributed by atoms with Crippen LogP contribution in [-0.2, 0) is 9.59 Å². The Morgan fingerprint density at radius 1 is 0.962 bits per heavy atom. The van der Waals surface area contributed by atoms with Gasteiger partial charge < -0.3 is 10.6 Å². The molecule has 0 radical (unpaired) electrons. The fourth-order valence-corrected chi connectivity index (χ4v) is 2.63. The lowest BCUT2D eigenvalue weighted by atomic mass is 10.0. The van der Waals surface area contributed by atoms with E-state index in [2.05, 4.69) is 10.6 Å². The minimum absolute atomic E-state index is 0.0813. The van der Waals surface area contributed by atoms with Crippen LogP contribution in [0.1, 0.15) is 20.8 Å². The van der Waals surface area contributed by atoms with E-state index in [1.54, 1.807) is 18.9 Å². The molecule has 138 valence electrons. The van der Waals surface area contributed by atoms with Crippen molar-refractivity contribution in [3.8, 4) is 11.1 Å². The maximum Gasteiger partial charge on any atom is 0.241 e. The van der Waals surface area contributed by atoms with E-state index in [-0.39, 0.29) is 24.4 Å². The van der Waals surface area contributed by atoms with Gasteiger partial charge in [-0.1, -0.05) is 48.5 Å². The van der Waals surface area contributed by atoms with Gasteiger partial charge in [0, 0.05) is 17.3 Å². The highest BCUT2D eigenvalue weighted by Gasteiger charge is 2.21. The third kappa shape index (κ3) is 5.43. The minimum Gasteiger partial charge on any atom is -0.353 e. The van der Waals surface area contributed by atoms with Gasteiger partial charge in [-0.25, -0.2) is 0 Å². The van der Waals surface area contributed by atoms with Crippen LogP contribution < -0.4 is 10.6 Å². The smallest absolute Gasteiger partial charge is 0.241 e. The topological polar surface area (TPSA) is 61.4 Å². The number of anilines is 1. The molecule has 2 N–H and O–H groups in total. The Morgan fingerprint density at radius 2 is 1.58 bits per heavy atom. The van der Waals surface area contributed by atoms with E-state index in [0.717, 1.165) is 16.8 Å². The Balaban J connectivity index is 2.07. The highest BCUT2D eigenvalue weighted by atomic mass is 16.2.